The number of hydrogen-bond donors (Lipinski definition) is 0. The molecule has 0 aromatic heterocycles. The number of hydrogen-bond acceptors (Lipinski definition) is 1. The van der Waals surface area contributed by atoms with E-state index < -0.39 is 9.70 Å². The second-order valence-corrected chi connectivity index (χ2v) is 7.22. The number of alkyl halides is 3. The zero-order valence-corrected chi connectivity index (χ0v) is 14.6. The summed E-state index contributed by atoms with van der Waals surface area (Å²) in [6.07, 6.45) is 6.07. The second kappa shape index (κ2) is 9.24. The number of unbranched alkanes of at least 4 members (excludes halogenated alkanes) is 1. The van der Waals surface area contributed by atoms with Crippen molar-refractivity contribution in [2.45, 2.75) is 35.6 Å². The summed E-state index contributed by atoms with van der Waals surface area (Å²) in [6, 6.07) is 9.41. The Bertz CT molecular complexity index is 496. The average molecular weight is 361 g/mol. The maximum absolute atomic E-state index is 12.5. The van der Waals surface area contributed by atoms with Crippen molar-refractivity contribution in [1.82, 2.24) is 4.90 Å². The van der Waals surface area contributed by atoms with E-state index in [-0.39, 0.29) is 6.04 Å². The van der Waals surface area contributed by atoms with Gasteiger partial charge in [-0.05, 0) is 24.8 Å². The van der Waals surface area contributed by atoms with Crippen LogP contribution in [0.25, 0.3) is 0 Å². The van der Waals surface area contributed by atoms with Crippen molar-refractivity contribution in [2.75, 3.05) is 0 Å². The molecule has 0 heterocycles. The van der Waals surface area contributed by atoms with Gasteiger partial charge < -0.3 is 4.90 Å². The van der Waals surface area contributed by atoms with Gasteiger partial charge in [0.25, 0.3) is 9.70 Å². The van der Waals surface area contributed by atoms with Gasteiger partial charge >= 0.3 is 0 Å². The molecule has 0 N–H and O–H groups in total. The lowest BCUT2D eigenvalue weighted by Crippen LogP contribution is -2.44. The maximum atomic E-state index is 12.5. The third-order valence-electron chi connectivity index (χ3n) is 3.28. The molecule has 0 aliphatic rings. The summed E-state index contributed by atoms with van der Waals surface area (Å²) in [4.78, 5) is 14.0. The molecule has 1 unspecified atom stereocenters. The topological polar surface area (TPSA) is 20.3 Å². The first-order valence-electron chi connectivity index (χ1n) is 7.05. The maximum Gasteiger partial charge on any atom is 0.275 e. The van der Waals surface area contributed by atoms with Crippen molar-refractivity contribution >= 4 is 40.7 Å². The lowest BCUT2D eigenvalue weighted by Gasteiger charge is -2.32. The van der Waals surface area contributed by atoms with Crippen molar-refractivity contribution in [2.24, 2.45) is 0 Å². The Morgan fingerprint density at radius 3 is 2.36 bits per heavy atom. The van der Waals surface area contributed by atoms with Crippen LogP contribution in [0.3, 0.4) is 0 Å². The number of carbonyl (C=O) groups excluding carboxylic acids is 1. The van der Waals surface area contributed by atoms with E-state index in [1.807, 2.05) is 36.4 Å². The number of allylic oxidation sites excluding steroid dienone is 1. The SMILES string of the molecule is C=CCCCC(C=C)N(Cc1ccccc1)C(=O)C(Cl)(Cl)Cl. The van der Waals surface area contributed by atoms with Gasteiger partial charge in [-0.1, -0.05) is 77.3 Å². The zero-order chi connectivity index (χ0) is 16.6. The fourth-order valence-corrected chi connectivity index (χ4v) is 2.48. The molecule has 0 aliphatic carbocycles. The molecular weight excluding hydrogens is 341 g/mol. The van der Waals surface area contributed by atoms with Crippen LogP contribution in [0.1, 0.15) is 24.8 Å². The molecule has 120 valence electrons. The van der Waals surface area contributed by atoms with E-state index in [0.29, 0.717) is 6.54 Å². The molecule has 0 saturated carbocycles. The van der Waals surface area contributed by atoms with Crippen molar-refractivity contribution in [3.63, 3.8) is 0 Å². The van der Waals surface area contributed by atoms with Crippen LogP contribution in [0.15, 0.2) is 55.6 Å². The zero-order valence-electron chi connectivity index (χ0n) is 12.4. The summed E-state index contributed by atoms with van der Waals surface area (Å²) in [5.41, 5.74) is 0.973. The quantitative estimate of drug-likeness (QED) is 0.350. The number of carbonyl (C=O) groups is 1. The monoisotopic (exact) mass is 359 g/mol. The summed E-state index contributed by atoms with van der Waals surface area (Å²) >= 11 is 17.4. The van der Waals surface area contributed by atoms with Gasteiger partial charge in [0.2, 0.25) is 0 Å². The van der Waals surface area contributed by atoms with Crippen LogP contribution in [0.4, 0.5) is 0 Å². The number of halogens is 3. The molecule has 0 fully saturated rings. The van der Waals surface area contributed by atoms with E-state index in [1.165, 1.54) is 0 Å². The molecule has 1 aromatic carbocycles. The van der Waals surface area contributed by atoms with Crippen molar-refractivity contribution < 1.29 is 4.79 Å². The summed E-state index contributed by atoms with van der Waals surface area (Å²) in [7, 11) is 0. The summed E-state index contributed by atoms with van der Waals surface area (Å²) in [5, 5.41) is 0. The van der Waals surface area contributed by atoms with Gasteiger partial charge in [0.1, 0.15) is 0 Å². The molecule has 0 bridgehead atoms. The van der Waals surface area contributed by atoms with Crippen molar-refractivity contribution in [3.8, 4) is 0 Å². The first-order chi connectivity index (χ1) is 10.4. The van der Waals surface area contributed by atoms with E-state index in [1.54, 1.807) is 11.0 Å². The van der Waals surface area contributed by atoms with Crippen molar-refractivity contribution in [1.29, 1.82) is 0 Å². The molecule has 5 heteroatoms. The van der Waals surface area contributed by atoms with Gasteiger partial charge in [0.05, 0.1) is 6.04 Å². The molecule has 0 spiro atoms. The number of rotatable bonds is 8. The minimum atomic E-state index is -1.98. The Hall–Kier alpha value is -0.960. The predicted molar refractivity (Wildman–Crippen MR) is 95.3 cm³/mol. The predicted octanol–water partition coefficient (Wildman–Crippen LogP) is 5.30. The van der Waals surface area contributed by atoms with Crippen LogP contribution in [-0.4, -0.2) is 20.6 Å². The Morgan fingerprint density at radius 1 is 1.23 bits per heavy atom. The van der Waals surface area contributed by atoms with E-state index in [0.717, 1.165) is 24.8 Å². The molecule has 0 aliphatic heterocycles. The van der Waals surface area contributed by atoms with Crippen LogP contribution in [0.5, 0.6) is 0 Å². The minimum absolute atomic E-state index is 0.191. The highest BCUT2D eigenvalue weighted by Gasteiger charge is 2.37. The van der Waals surface area contributed by atoms with E-state index in [4.69, 9.17) is 34.8 Å². The Morgan fingerprint density at radius 2 is 1.86 bits per heavy atom. The first kappa shape index (κ1) is 19.1. The summed E-state index contributed by atoms with van der Waals surface area (Å²) in [6.45, 7) is 7.89. The van der Waals surface area contributed by atoms with E-state index >= 15 is 0 Å². The van der Waals surface area contributed by atoms with Gasteiger partial charge in [0, 0.05) is 6.54 Å². The fraction of sp³-hybridized carbons (Fsp3) is 0.353. The third kappa shape index (κ3) is 6.04. The minimum Gasteiger partial charge on any atom is -0.328 e. The Kier molecular flexibility index (Phi) is 8.02. The Balaban J connectivity index is 2.95. The fourth-order valence-electron chi connectivity index (χ4n) is 2.15. The van der Waals surface area contributed by atoms with Crippen LogP contribution < -0.4 is 0 Å². The van der Waals surface area contributed by atoms with Gasteiger partial charge in [0.15, 0.2) is 0 Å². The first-order valence-corrected chi connectivity index (χ1v) is 8.18. The lowest BCUT2D eigenvalue weighted by atomic mass is 10.1. The summed E-state index contributed by atoms with van der Waals surface area (Å²) in [5.74, 6) is -0.537. The highest BCUT2D eigenvalue weighted by atomic mass is 35.6. The Labute approximate surface area is 147 Å². The number of nitrogens with zero attached hydrogens (tertiary/aromatic N) is 1. The van der Waals surface area contributed by atoms with Gasteiger partial charge in [-0.15, -0.1) is 13.2 Å². The van der Waals surface area contributed by atoms with Crippen molar-refractivity contribution in [3.05, 3.63) is 61.2 Å². The third-order valence-corrected chi connectivity index (χ3v) is 3.76. The average Bonchev–Trinajstić information content (AvgIpc) is 2.49. The smallest absolute Gasteiger partial charge is 0.275 e. The summed E-state index contributed by atoms with van der Waals surface area (Å²) < 4.78 is -1.98. The van der Waals surface area contributed by atoms with E-state index in [9.17, 15) is 4.79 Å². The van der Waals surface area contributed by atoms with Crippen LogP contribution in [0.2, 0.25) is 0 Å². The number of benzene rings is 1. The molecule has 1 rings (SSSR count). The largest absolute Gasteiger partial charge is 0.328 e. The van der Waals surface area contributed by atoms with Crippen LogP contribution in [-0.2, 0) is 11.3 Å². The standard InChI is InChI=1S/C17H20Cl3NO/c1-3-5-7-12-15(4-2)21(16(22)17(18,19)20)13-14-10-8-6-9-11-14/h3-4,6,8-11,15H,1-2,5,7,12-13H2. The molecule has 0 saturated heterocycles. The van der Waals surface area contributed by atoms with E-state index in [2.05, 4.69) is 13.2 Å². The molecule has 0 radical (unpaired) electrons. The number of amides is 1. The van der Waals surface area contributed by atoms with Crippen LogP contribution in [0, 0.1) is 0 Å². The van der Waals surface area contributed by atoms with Crippen LogP contribution >= 0.6 is 34.8 Å². The molecular formula is C17H20Cl3NO. The molecule has 2 nitrogen and oxygen atoms in total. The molecule has 1 aromatic rings. The van der Waals surface area contributed by atoms with Gasteiger partial charge in [-0.2, -0.15) is 0 Å². The molecule has 22 heavy (non-hydrogen) atoms. The normalized spacial score (nSPS) is 12.5. The highest BCUT2D eigenvalue weighted by Crippen LogP contribution is 2.31. The second-order valence-electron chi connectivity index (χ2n) is 4.94. The molecule has 1 atom stereocenters. The van der Waals surface area contributed by atoms with Gasteiger partial charge in [-0.3, -0.25) is 4.79 Å². The highest BCUT2D eigenvalue weighted by molar-refractivity contribution is 6.76. The van der Waals surface area contributed by atoms with Gasteiger partial charge in [-0.25, -0.2) is 0 Å². The lowest BCUT2D eigenvalue weighted by molar-refractivity contribution is -0.132. The molecule has 1 amide bonds.